The summed E-state index contributed by atoms with van der Waals surface area (Å²) in [6, 6.07) is 16.2. The maximum Gasteiger partial charge on any atom is 0.338 e. The summed E-state index contributed by atoms with van der Waals surface area (Å²) in [5.41, 5.74) is -1.85. The number of rotatable bonds is 6. The van der Waals surface area contributed by atoms with Gasteiger partial charge in [-0.1, -0.05) is 36.4 Å². The highest BCUT2D eigenvalue weighted by atomic mass is 19.1. The number of ether oxygens (including phenoxy) is 4. The summed E-state index contributed by atoms with van der Waals surface area (Å²) in [4.78, 5) is 36.0. The van der Waals surface area contributed by atoms with Gasteiger partial charge in [-0.15, -0.1) is 0 Å². The summed E-state index contributed by atoms with van der Waals surface area (Å²) >= 11 is 0. The fourth-order valence-corrected chi connectivity index (χ4v) is 3.05. The van der Waals surface area contributed by atoms with Gasteiger partial charge in [0.2, 0.25) is 12.0 Å². The first kappa shape index (κ1) is 21.4. The third-order valence-corrected chi connectivity index (χ3v) is 4.56. The number of halogens is 1. The van der Waals surface area contributed by atoms with Crippen LogP contribution in [0.15, 0.2) is 60.7 Å². The van der Waals surface area contributed by atoms with Crippen molar-refractivity contribution in [2.45, 2.75) is 38.0 Å². The van der Waals surface area contributed by atoms with Crippen molar-refractivity contribution < 1.29 is 37.7 Å². The molecule has 3 rings (SSSR count). The monoisotopic (exact) mass is 416 g/mol. The Morgan fingerprint density at radius 2 is 1.47 bits per heavy atom. The minimum atomic E-state index is -2.36. The van der Waals surface area contributed by atoms with Gasteiger partial charge in [-0.25, -0.2) is 14.0 Å². The molecule has 0 amide bonds. The molecular formula is C22H21FO7. The maximum atomic E-state index is 15.5. The van der Waals surface area contributed by atoms with Gasteiger partial charge < -0.3 is 18.9 Å². The lowest BCUT2D eigenvalue weighted by molar-refractivity contribution is -0.193. The Morgan fingerprint density at radius 1 is 0.933 bits per heavy atom. The smallest absolute Gasteiger partial charge is 0.338 e. The van der Waals surface area contributed by atoms with Crippen LogP contribution in [-0.2, 0) is 23.7 Å². The second-order valence-electron chi connectivity index (χ2n) is 6.92. The molecule has 1 fully saturated rings. The molecule has 1 aliphatic heterocycles. The summed E-state index contributed by atoms with van der Waals surface area (Å²) < 4.78 is 36.4. The summed E-state index contributed by atoms with van der Waals surface area (Å²) in [5.74, 6) is -2.20. The standard InChI is InChI=1S/C22H21FO7/c1-14(24)28-21-22(2,23)18(30-20(26)16-11-7-4-8-12-16)17(29-21)13-27-19(25)15-9-5-3-6-10-15/h3-12,17-18,21H,13H2,1-2H3/t17-,18+,21-,22+/m0/s1. The van der Waals surface area contributed by atoms with Crippen molar-refractivity contribution in [3.8, 4) is 0 Å². The van der Waals surface area contributed by atoms with Crippen LogP contribution in [0, 0.1) is 0 Å². The molecular weight excluding hydrogens is 395 g/mol. The molecule has 0 aromatic heterocycles. The molecule has 1 saturated heterocycles. The van der Waals surface area contributed by atoms with Gasteiger partial charge in [-0.05, 0) is 31.2 Å². The quantitative estimate of drug-likeness (QED) is 0.528. The van der Waals surface area contributed by atoms with E-state index in [1.807, 2.05) is 0 Å². The largest absolute Gasteiger partial charge is 0.459 e. The van der Waals surface area contributed by atoms with E-state index < -0.39 is 48.7 Å². The highest BCUT2D eigenvalue weighted by Crippen LogP contribution is 2.38. The molecule has 0 bridgehead atoms. The van der Waals surface area contributed by atoms with E-state index in [-0.39, 0.29) is 5.56 Å². The van der Waals surface area contributed by atoms with Gasteiger partial charge in [0.05, 0.1) is 11.1 Å². The van der Waals surface area contributed by atoms with Crippen LogP contribution < -0.4 is 0 Å². The van der Waals surface area contributed by atoms with Crippen molar-refractivity contribution in [3.05, 3.63) is 71.8 Å². The van der Waals surface area contributed by atoms with E-state index >= 15 is 4.39 Å². The molecule has 0 aliphatic carbocycles. The molecule has 30 heavy (non-hydrogen) atoms. The Kier molecular flexibility index (Phi) is 6.47. The highest BCUT2D eigenvalue weighted by Gasteiger charge is 2.59. The molecule has 1 heterocycles. The molecule has 2 aromatic rings. The molecule has 0 unspecified atom stereocenters. The van der Waals surface area contributed by atoms with Crippen LogP contribution in [0.5, 0.6) is 0 Å². The Labute approximate surface area is 172 Å². The molecule has 2 aromatic carbocycles. The minimum absolute atomic E-state index is 0.212. The number of benzene rings is 2. The molecule has 4 atom stereocenters. The van der Waals surface area contributed by atoms with Crippen molar-refractivity contribution in [1.29, 1.82) is 0 Å². The first-order valence-corrected chi connectivity index (χ1v) is 9.29. The zero-order valence-electron chi connectivity index (χ0n) is 16.4. The molecule has 158 valence electrons. The van der Waals surface area contributed by atoms with E-state index in [9.17, 15) is 14.4 Å². The fourth-order valence-electron chi connectivity index (χ4n) is 3.05. The van der Waals surface area contributed by atoms with E-state index in [0.717, 1.165) is 13.8 Å². The topological polar surface area (TPSA) is 88.1 Å². The summed E-state index contributed by atoms with van der Waals surface area (Å²) in [5, 5.41) is 0. The van der Waals surface area contributed by atoms with Crippen LogP contribution in [-0.4, -0.2) is 48.7 Å². The lowest BCUT2D eigenvalue weighted by Gasteiger charge is -2.26. The molecule has 7 nitrogen and oxygen atoms in total. The van der Waals surface area contributed by atoms with Crippen LogP contribution in [0.4, 0.5) is 4.39 Å². The SMILES string of the molecule is CC(=O)O[C@H]1O[C@@H](COC(=O)c2ccccc2)[C@@H](OC(=O)c2ccccc2)[C@@]1(C)F. The van der Waals surface area contributed by atoms with Gasteiger partial charge in [0, 0.05) is 6.92 Å². The Hall–Kier alpha value is -3.26. The average Bonchev–Trinajstić information content (AvgIpc) is 2.96. The predicted molar refractivity (Wildman–Crippen MR) is 102 cm³/mol. The molecule has 0 radical (unpaired) electrons. The first-order valence-electron chi connectivity index (χ1n) is 9.29. The summed E-state index contributed by atoms with van der Waals surface area (Å²) in [7, 11) is 0. The third kappa shape index (κ3) is 4.83. The number of alkyl halides is 1. The zero-order valence-corrected chi connectivity index (χ0v) is 16.4. The van der Waals surface area contributed by atoms with Gasteiger partial charge >= 0.3 is 17.9 Å². The molecule has 0 saturated carbocycles. The number of esters is 3. The van der Waals surface area contributed by atoms with Crippen molar-refractivity contribution in [2.75, 3.05) is 6.61 Å². The van der Waals surface area contributed by atoms with Gasteiger partial charge in [0.15, 0.2) is 6.10 Å². The number of carbonyl (C=O) groups excluding carboxylic acids is 3. The van der Waals surface area contributed by atoms with Crippen LogP contribution in [0.25, 0.3) is 0 Å². The van der Waals surface area contributed by atoms with Crippen LogP contribution in [0.1, 0.15) is 34.6 Å². The van der Waals surface area contributed by atoms with Crippen molar-refractivity contribution in [2.24, 2.45) is 0 Å². The van der Waals surface area contributed by atoms with Crippen molar-refractivity contribution in [3.63, 3.8) is 0 Å². The first-order chi connectivity index (χ1) is 14.3. The van der Waals surface area contributed by atoms with Crippen LogP contribution in [0.2, 0.25) is 0 Å². The molecule has 8 heteroatoms. The summed E-state index contributed by atoms with van der Waals surface area (Å²) in [6.07, 6.45) is -4.27. The molecule has 1 aliphatic rings. The molecule has 0 N–H and O–H groups in total. The normalized spacial score (nSPS) is 25.4. The van der Waals surface area contributed by atoms with Crippen molar-refractivity contribution >= 4 is 17.9 Å². The maximum absolute atomic E-state index is 15.5. The van der Waals surface area contributed by atoms with Gasteiger partial charge in [0.1, 0.15) is 12.7 Å². The van der Waals surface area contributed by atoms with Crippen LogP contribution >= 0.6 is 0 Å². The number of hydrogen-bond acceptors (Lipinski definition) is 7. The van der Waals surface area contributed by atoms with E-state index in [1.54, 1.807) is 48.5 Å². The predicted octanol–water partition coefficient (Wildman–Crippen LogP) is 3.09. The second-order valence-corrected chi connectivity index (χ2v) is 6.92. The van der Waals surface area contributed by atoms with E-state index in [4.69, 9.17) is 18.9 Å². The minimum Gasteiger partial charge on any atom is -0.459 e. The van der Waals surface area contributed by atoms with E-state index in [0.29, 0.717) is 5.56 Å². The van der Waals surface area contributed by atoms with Crippen LogP contribution in [0.3, 0.4) is 0 Å². The number of hydrogen-bond donors (Lipinski definition) is 0. The Balaban J connectivity index is 1.76. The van der Waals surface area contributed by atoms with Gasteiger partial charge in [0.25, 0.3) is 0 Å². The Morgan fingerprint density at radius 3 is 2.00 bits per heavy atom. The lowest BCUT2D eigenvalue weighted by atomic mass is 9.99. The van der Waals surface area contributed by atoms with E-state index in [1.165, 1.54) is 12.1 Å². The number of carbonyl (C=O) groups is 3. The second kappa shape index (κ2) is 9.04. The fraction of sp³-hybridized carbons (Fsp3) is 0.318. The average molecular weight is 416 g/mol. The highest BCUT2D eigenvalue weighted by molar-refractivity contribution is 5.90. The van der Waals surface area contributed by atoms with Gasteiger partial charge in [-0.2, -0.15) is 0 Å². The third-order valence-electron chi connectivity index (χ3n) is 4.56. The lowest BCUT2D eigenvalue weighted by Crippen LogP contribution is -2.46. The van der Waals surface area contributed by atoms with Gasteiger partial charge in [-0.3, -0.25) is 4.79 Å². The van der Waals surface area contributed by atoms with Crippen molar-refractivity contribution in [1.82, 2.24) is 0 Å². The zero-order chi connectivity index (χ0) is 21.7. The molecule has 0 spiro atoms. The van der Waals surface area contributed by atoms with E-state index in [2.05, 4.69) is 0 Å². The Bertz CT molecular complexity index is 898. The summed E-state index contributed by atoms with van der Waals surface area (Å²) in [6.45, 7) is 1.80.